The summed E-state index contributed by atoms with van der Waals surface area (Å²) in [5.41, 5.74) is 7.59. The van der Waals surface area contributed by atoms with Crippen LogP contribution in [-0.2, 0) is 11.3 Å². The first-order chi connectivity index (χ1) is 10.0. The van der Waals surface area contributed by atoms with Crippen LogP contribution in [-0.4, -0.2) is 28.1 Å². The molecule has 0 atom stereocenters. The number of para-hydroxylation sites is 1. The fraction of sp³-hybridized carbons (Fsp3) is 0.467. The number of nitrogen functional groups attached to an aromatic ring is 1. The zero-order valence-electron chi connectivity index (χ0n) is 12.7. The molecule has 6 heteroatoms. The Labute approximate surface area is 124 Å². The van der Waals surface area contributed by atoms with Crippen LogP contribution >= 0.6 is 0 Å². The Kier molecular flexibility index (Phi) is 4.67. The first-order valence-electron chi connectivity index (χ1n) is 7.19. The standard InChI is InChI=1S/C15H22N4O2/c1-4-21-12-7-5-6-11-14(12)18-15(16)19(11)9-8-13(20)17-10(2)3/h5-7,10H,4,8-9H2,1-3H3,(H2,16,18)(H,17,20). The highest BCUT2D eigenvalue weighted by Crippen LogP contribution is 2.27. The van der Waals surface area contributed by atoms with Crippen LogP contribution in [0.3, 0.4) is 0 Å². The molecule has 0 aliphatic carbocycles. The molecule has 6 nitrogen and oxygen atoms in total. The summed E-state index contributed by atoms with van der Waals surface area (Å²) in [6, 6.07) is 5.84. The lowest BCUT2D eigenvalue weighted by Crippen LogP contribution is -2.30. The smallest absolute Gasteiger partial charge is 0.221 e. The van der Waals surface area contributed by atoms with Crippen LogP contribution in [0.5, 0.6) is 5.75 Å². The van der Waals surface area contributed by atoms with Crippen LogP contribution in [0.25, 0.3) is 11.0 Å². The van der Waals surface area contributed by atoms with E-state index >= 15 is 0 Å². The molecule has 0 unspecified atom stereocenters. The average molecular weight is 290 g/mol. The van der Waals surface area contributed by atoms with Gasteiger partial charge in [-0.05, 0) is 32.9 Å². The second-order valence-electron chi connectivity index (χ2n) is 5.15. The molecule has 0 bridgehead atoms. The Morgan fingerprint density at radius 1 is 1.48 bits per heavy atom. The number of hydrogen-bond acceptors (Lipinski definition) is 4. The van der Waals surface area contributed by atoms with Gasteiger partial charge >= 0.3 is 0 Å². The number of benzene rings is 1. The normalized spacial score (nSPS) is 11.0. The minimum atomic E-state index is 0.00668. The molecule has 0 fully saturated rings. The predicted octanol–water partition coefficient (Wildman–Crippen LogP) is 1.93. The molecule has 1 heterocycles. The van der Waals surface area contributed by atoms with Gasteiger partial charge in [0.25, 0.3) is 0 Å². The number of fused-ring (bicyclic) bond motifs is 1. The number of rotatable bonds is 6. The SMILES string of the molecule is CCOc1cccc2c1nc(N)n2CCC(=O)NC(C)C. The van der Waals surface area contributed by atoms with Gasteiger partial charge in [-0.25, -0.2) is 4.98 Å². The minimum absolute atomic E-state index is 0.00668. The van der Waals surface area contributed by atoms with E-state index in [1.807, 2.05) is 43.5 Å². The summed E-state index contributed by atoms with van der Waals surface area (Å²) in [4.78, 5) is 16.1. The fourth-order valence-electron chi connectivity index (χ4n) is 2.25. The summed E-state index contributed by atoms with van der Waals surface area (Å²) in [6.07, 6.45) is 0.368. The van der Waals surface area contributed by atoms with Crippen molar-refractivity contribution in [2.75, 3.05) is 12.3 Å². The van der Waals surface area contributed by atoms with Crippen molar-refractivity contribution < 1.29 is 9.53 Å². The summed E-state index contributed by atoms with van der Waals surface area (Å²) in [5.74, 6) is 1.12. The molecule has 0 saturated heterocycles. The van der Waals surface area contributed by atoms with E-state index in [2.05, 4.69) is 10.3 Å². The third-order valence-electron chi connectivity index (χ3n) is 3.08. The summed E-state index contributed by atoms with van der Waals surface area (Å²) in [6.45, 7) is 6.87. The summed E-state index contributed by atoms with van der Waals surface area (Å²) < 4.78 is 7.40. The van der Waals surface area contributed by atoms with Gasteiger partial charge < -0.3 is 20.4 Å². The number of aromatic nitrogens is 2. The van der Waals surface area contributed by atoms with E-state index in [-0.39, 0.29) is 11.9 Å². The van der Waals surface area contributed by atoms with Crippen molar-refractivity contribution in [2.24, 2.45) is 0 Å². The first-order valence-corrected chi connectivity index (χ1v) is 7.19. The van der Waals surface area contributed by atoms with Crippen LogP contribution in [0.4, 0.5) is 5.95 Å². The third-order valence-corrected chi connectivity index (χ3v) is 3.08. The quantitative estimate of drug-likeness (QED) is 0.851. The van der Waals surface area contributed by atoms with Crippen LogP contribution in [0, 0.1) is 0 Å². The van der Waals surface area contributed by atoms with Crippen LogP contribution in [0.2, 0.25) is 0 Å². The van der Waals surface area contributed by atoms with Crippen molar-refractivity contribution in [1.82, 2.24) is 14.9 Å². The zero-order valence-corrected chi connectivity index (χ0v) is 12.7. The lowest BCUT2D eigenvalue weighted by atomic mass is 10.3. The zero-order chi connectivity index (χ0) is 15.4. The maximum Gasteiger partial charge on any atom is 0.221 e. The molecule has 0 aliphatic heterocycles. The Morgan fingerprint density at radius 2 is 2.24 bits per heavy atom. The summed E-state index contributed by atoms with van der Waals surface area (Å²) in [5, 5.41) is 2.87. The van der Waals surface area contributed by atoms with E-state index in [0.29, 0.717) is 31.3 Å². The second-order valence-corrected chi connectivity index (χ2v) is 5.15. The van der Waals surface area contributed by atoms with Crippen LogP contribution in [0.15, 0.2) is 18.2 Å². The molecule has 0 aliphatic rings. The van der Waals surface area contributed by atoms with E-state index in [1.165, 1.54) is 0 Å². The lowest BCUT2D eigenvalue weighted by Gasteiger charge is -2.10. The number of imidazole rings is 1. The number of carbonyl (C=O) groups excluding carboxylic acids is 1. The highest BCUT2D eigenvalue weighted by molar-refractivity contribution is 5.84. The van der Waals surface area contributed by atoms with Gasteiger partial charge in [0, 0.05) is 19.0 Å². The number of amides is 1. The molecule has 0 spiro atoms. The monoisotopic (exact) mass is 290 g/mol. The second kappa shape index (κ2) is 6.47. The van der Waals surface area contributed by atoms with Gasteiger partial charge in [0.15, 0.2) is 0 Å². The molecular formula is C15H22N4O2. The van der Waals surface area contributed by atoms with Crippen molar-refractivity contribution in [3.8, 4) is 5.75 Å². The highest BCUT2D eigenvalue weighted by Gasteiger charge is 2.13. The average Bonchev–Trinajstić information content (AvgIpc) is 2.73. The lowest BCUT2D eigenvalue weighted by molar-refractivity contribution is -0.121. The Morgan fingerprint density at radius 3 is 2.90 bits per heavy atom. The van der Waals surface area contributed by atoms with Gasteiger partial charge in [0.2, 0.25) is 11.9 Å². The number of anilines is 1. The molecule has 1 aromatic heterocycles. The van der Waals surface area contributed by atoms with Gasteiger partial charge in [0.1, 0.15) is 11.3 Å². The Bertz CT molecular complexity index is 634. The van der Waals surface area contributed by atoms with E-state index in [1.54, 1.807) is 0 Å². The number of nitrogens with one attached hydrogen (secondary N) is 1. The minimum Gasteiger partial charge on any atom is -0.492 e. The summed E-state index contributed by atoms with van der Waals surface area (Å²) >= 11 is 0. The highest BCUT2D eigenvalue weighted by atomic mass is 16.5. The van der Waals surface area contributed by atoms with Crippen molar-refractivity contribution in [3.05, 3.63) is 18.2 Å². The number of nitrogens with two attached hydrogens (primary N) is 1. The first kappa shape index (κ1) is 15.2. The maximum absolute atomic E-state index is 11.8. The number of nitrogens with zero attached hydrogens (tertiary/aromatic N) is 2. The Hall–Kier alpha value is -2.24. The Balaban J connectivity index is 2.22. The molecule has 1 amide bonds. The van der Waals surface area contributed by atoms with Crippen molar-refractivity contribution >= 4 is 22.9 Å². The van der Waals surface area contributed by atoms with Gasteiger partial charge in [-0.2, -0.15) is 0 Å². The van der Waals surface area contributed by atoms with Gasteiger partial charge in [-0.3, -0.25) is 4.79 Å². The maximum atomic E-state index is 11.8. The molecule has 3 N–H and O–H groups in total. The van der Waals surface area contributed by atoms with E-state index < -0.39 is 0 Å². The van der Waals surface area contributed by atoms with E-state index in [4.69, 9.17) is 10.5 Å². The van der Waals surface area contributed by atoms with Crippen molar-refractivity contribution in [2.45, 2.75) is 39.8 Å². The molecule has 0 saturated carbocycles. The largest absolute Gasteiger partial charge is 0.492 e. The third kappa shape index (κ3) is 3.45. The molecule has 1 aromatic carbocycles. The fourth-order valence-corrected chi connectivity index (χ4v) is 2.25. The molecule has 0 radical (unpaired) electrons. The molecular weight excluding hydrogens is 268 g/mol. The van der Waals surface area contributed by atoms with Gasteiger partial charge in [-0.1, -0.05) is 6.07 Å². The molecule has 114 valence electrons. The number of carbonyl (C=O) groups is 1. The van der Waals surface area contributed by atoms with Gasteiger partial charge in [-0.15, -0.1) is 0 Å². The van der Waals surface area contributed by atoms with E-state index in [9.17, 15) is 4.79 Å². The van der Waals surface area contributed by atoms with Crippen LogP contribution in [0.1, 0.15) is 27.2 Å². The van der Waals surface area contributed by atoms with Crippen molar-refractivity contribution in [1.29, 1.82) is 0 Å². The molecule has 21 heavy (non-hydrogen) atoms. The topological polar surface area (TPSA) is 82.2 Å². The van der Waals surface area contributed by atoms with Gasteiger partial charge in [0.05, 0.1) is 12.1 Å². The molecule has 2 aromatic rings. The van der Waals surface area contributed by atoms with E-state index in [0.717, 1.165) is 11.0 Å². The number of ether oxygens (including phenoxy) is 1. The number of hydrogen-bond donors (Lipinski definition) is 2. The van der Waals surface area contributed by atoms with Crippen LogP contribution < -0.4 is 15.8 Å². The number of aryl methyl sites for hydroxylation is 1. The van der Waals surface area contributed by atoms with Crippen molar-refractivity contribution in [3.63, 3.8) is 0 Å². The predicted molar refractivity (Wildman–Crippen MR) is 83.2 cm³/mol. The summed E-state index contributed by atoms with van der Waals surface area (Å²) in [7, 11) is 0. The molecule has 2 rings (SSSR count).